The van der Waals surface area contributed by atoms with Gasteiger partial charge in [-0.15, -0.1) is 0 Å². The summed E-state index contributed by atoms with van der Waals surface area (Å²) in [6.07, 6.45) is 0.821. The lowest BCUT2D eigenvalue weighted by Crippen LogP contribution is -2.32. The van der Waals surface area contributed by atoms with Crippen molar-refractivity contribution in [3.63, 3.8) is 0 Å². The molecule has 2 aromatic rings. The second-order valence-electron chi connectivity index (χ2n) is 6.01. The third-order valence-electron chi connectivity index (χ3n) is 4.31. The molecule has 0 heterocycles. The van der Waals surface area contributed by atoms with E-state index >= 15 is 0 Å². The van der Waals surface area contributed by atoms with Crippen LogP contribution in [0.3, 0.4) is 0 Å². The number of halogens is 2. The van der Waals surface area contributed by atoms with Crippen molar-refractivity contribution in [2.45, 2.75) is 12.3 Å². The van der Waals surface area contributed by atoms with Crippen LogP contribution < -0.4 is 4.74 Å². The maximum atomic E-state index is 13.5. The normalized spacial score (nSPS) is 19.0. The average Bonchev–Trinajstić information content (AvgIpc) is 3.36. The highest BCUT2D eigenvalue weighted by Gasteiger charge is 2.45. The molecule has 2 aromatic carbocycles. The van der Waals surface area contributed by atoms with E-state index in [9.17, 15) is 9.18 Å². The molecular weight excluding hydrogens is 329 g/mol. The zero-order valence-corrected chi connectivity index (χ0v) is 14.2. The Balaban J connectivity index is 1.50. The number of rotatable bonds is 6. The summed E-state index contributed by atoms with van der Waals surface area (Å²) in [5.41, 5.74) is 1.04. The molecule has 3 nitrogen and oxygen atoms in total. The Morgan fingerprint density at radius 1 is 1.25 bits per heavy atom. The number of amides is 1. The molecule has 126 valence electrons. The van der Waals surface area contributed by atoms with Crippen LogP contribution in [0.1, 0.15) is 17.9 Å². The van der Waals surface area contributed by atoms with E-state index in [0.717, 1.165) is 12.0 Å². The van der Waals surface area contributed by atoms with Crippen molar-refractivity contribution in [3.05, 3.63) is 64.9 Å². The van der Waals surface area contributed by atoms with Gasteiger partial charge in [-0.1, -0.05) is 41.9 Å². The second kappa shape index (κ2) is 7.22. The molecule has 1 aliphatic rings. The zero-order valence-electron chi connectivity index (χ0n) is 13.4. The van der Waals surface area contributed by atoms with E-state index < -0.39 is 5.82 Å². The van der Waals surface area contributed by atoms with Crippen molar-refractivity contribution < 1.29 is 13.9 Å². The van der Waals surface area contributed by atoms with E-state index in [2.05, 4.69) is 0 Å². The predicted octanol–water partition coefficient (Wildman–Crippen LogP) is 4.12. The van der Waals surface area contributed by atoms with Crippen LogP contribution in [0.5, 0.6) is 5.75 Å². The standard InChI is InChI=1S/C19H19ClFNO2/c1-22(10-11-24-18-9-5-4-8-17(18)21)19(23)15-12-14(15)13-6-2-3-7-16(13)20/h2-9,14-15H,10-12H2,1H3. The first-order chi connectivity index (χ1) is 11.6. The van der Waals surface area contributed by atoms with Crippen LogP contribution in [-0.4, -0.2) is 31.0 Å². The molecule has 0 radical (unpaired) electrons. The number of likely N-dealkylation sites (N-methyl/N-ethyl adjacent to an activating group) is 1. The summed E-state index contributed by atoms with van der Waals surface area (Å²) in [7, 11) is 1.75. The fourth-order valence-electron chi connectivity index (χ4n) is 2.84. The van der Waals surface area contributed by atoms with Gasteiger partial charge in [-0.25, -0.2) is 4.39 Å². The number of nitrogens with zero attached hydrogens (tertiary/aromatic N) is 1. The Morgan fingerprint density at radius 2 is 1.96 bits per heavy atom. The smallest absolute Gasteiger partial charge is 0.226 e. The SMILES string of the molecule is CN(CCOc1ccccc1F)C(=O)C1CC1c1ccccc1Cl. The number of benzene rings is 2. The maximum Gasteiger partial charge on any atom is 0.226 e. The first-order valence-electron chi connectivity index (χ1n) is 7.94. The van der Waals surface area contributed by atoms with Crippen LogP contribution in [0.15, 0.2) is 48.5 Å². The molecule has 0 aliphatic heterocycles. The minimum atomic E-state index is -0.396. The monoisotopic (exact) mass is 347 g/mol. The topological polar surface area (TPSA) is 29.5 Å². The molecule has 3 rings (SSSR count). The molecule has 0 bridgehead atoms. The van der Waals surface area contributed by atoms with E-state index in [0.29, 0.717) is 11.6 Å². The third-order valence-corrected chi connectivity index (χ3v) is 4.65. The Labute approximate surface area is 146 Å². The van der Waals surface area contributed by atoms with Gasteiger partial charge in [0.15, 0.2) is 11.6 Å². The second-order valence-corrected chi connectivity index (χ2v) is 6.42. The van der Waals surface area contributed by atoms with Crippen LogP contribution in [-0.2, 0) is 4.79 Å². The van der Waals surface area contributed by atoms with Gasteiger partial charge in [0.25, 0.3) is 0 Å². The molecule has 1 saturated carbocycles. The fraction of sp³-hybridized carbons (Fsp3) is 0.316. The van der Waals surface area contributed by atoms with Gasteiger partial charge in [0.05, 0.1) is 6.54 Å². The van der Waals surface area contributed by atoms with Crippen molar-refractivity contribution in [1.82, 2.24) is 4.90 Å². The van der Waals surface area contributed by atoms with Crippen molar-refractivity contribution in [2.24, 2.45) is 5.92 Å². The summed E-state index contributed by atoms with van der Waals surface area (Å²) in [5.74, 6) is 0.0627. The summed E-state index contributed by atoms with van der Waals surface area (Å²) < 4.78 is 18.9. The van der Waals surface area contributed by atoms with Gasteiger partial charge in [-0.3, -0.25) is 4.79 Å². The van der Waals surface area contributed by atoms with E-state index in [1.807, 2.05) is 24.3 Å². The van der Waals surface area contributed by atoms with Gasteiger partial charge in [-0.05, 0) is 36.1 Å². The lowest BCUT2D eigenvalue weighted by molar-refractivity contribution is -0.131. The molecule has 24 heavy (non-hydrogen) atoms. The van der Waals surface area contributed by atoms with Gasteiger partial charge < -0.3 is 9.64 Å². The van der Waals surface area contributed by atoms with Crippen LogP contribution >= 0.6 is 11.6 Å². The largest absolute Gasteiger partial charge is 0.489 e. The highest BCUT2D eigenvalue weighted by atomic mass is 35.5. The van der Waals surface area contributed by atoms with E-state index in [4.69, 9.17) is 16.3 Å². The highest BCUT2D eigenvalue weighted by molar-refractivity contribution is 6.31. The van der Waals surface area contributed by atoms with Crippen LogP contribution in [0.4, 0.5) is 4.39 Å². The van der Waals surface area contributed by atoms with Crippen molar-refractivity contribution in [2.75, 3.05) is 20.2 Å². The molecule has 1 fully saturated rings. The molecule has 1 aliphatic carbocycles. The lowest BCUT2D eigenvalue weighted by atomic mass is 10.1. The number of carbonyl (C=O) groups excluding carboxylic acids is 1. The lowest BCUT2D eigenvalue weighted by Gasteiger charge is -2.18. The quantitative estimate of drug-likeness (QED) is 0.786. The van der Waals surface area contributed by atoms with Crippen molar-refractivity contribution >= 4 is 17.5 Å². The molecule has 2 unspecified atom stereocenters. The van der Waals surface area contributed by atoms with Crippen LogP contribution in [0, 0.1) is 11.7 Å². The number of carbonyl (C=O) groups is 1. The summed E-state index contributed by atoms with van der Waals surface area (Å²) in [4.78, 5) is 14.1. The summed E-state index contributed by atoms with van der Waals surface area (Å²) in [6.45, 7) is 0.672. The predicted molar refractivity (Wildman–Crippen MR) is 91.8 cm³/mol. The van der Waals surface area contributed by atoms with Crippen LogP contribution in [0.2, 0.25) is 5.02 Å². The molecule has 5 heteroatoms. The first kappa shape index (κ1) is 16.8. The third kappa shape index (κ3) is 3.70. The zero-order chi connectivity index (χ0) is 17.1. The van der Waals surface area contributed by atoms with Crippen molar-refractivity contribution in [1.29, 1.82) is 0 Å². The number of para-hydroxylation sites is 1. The Hall–Kier alpha value is -2.07. The maximum absolute atomic E-state index is 13.5. The summed E-state index contributed by atoms with van der Waals surface area (Å²) >= 11 is 6.19. The van der Waals surface area contributed by atoms with E-state index in [1.165, 1.54) is 6.07 Å². The first-order valence-corrected chi connectivity index (χ1v) is 8.32. The highest BCUT2D eigenvalue weighted by Crippen LogP contribution is 2.50. The van der Waals surface area contributed by atoms with Gasteiger partial charge in [0.1, 0.15) is 6.61 Å². The fourth-order valence-corrected chi connectivity index (χ4v) is 3.11. The molecule has 0 spiro atoms. The van der Waals surface area contributed by atoms with Crippen molar-refractivity contribution in [3.8, 4) is 5.75 Å². The average molecular weight is 348 g/mol. The van der Waals surface area contributed by atoms with Gasteiger partial charge in [-0.2, -0.15) is 0 Å². The molecule has 0 saturated heterocycles. The number of hydrogen-bond acceptors (Lipinski definition) is 2. The Morgan fingerprint density at radius 3 is 2.71 bits per heavy atom. The minimum Gasteiger partial charge on any atom is -0.489 e. The van der Waals surface area contributed by atoms with E-state index in [1.54, 1.807) is 30.1 Å². The Kier molecular flexibility index (Phi) is 5.05. The molecule has 2 atom stereocenters. The summed E-state index contributed by atoms with van der Waals surface area (Å²) in [6, 6.07) is 13.9. The van der Waals surface area contributed by atoms with Crippen LogP contribution in [0.25, 0.3) is 0 Å². The van der Waals surface area contributed by atoms with Gasteiger partial charge in [0, 0.05) is 18.0 Å². The number of ether oxygens (including phenoxy) is 1. The molecule has 1 amide bonds. The minimum absolute atomic E-state index is 0.0247. The summed E-state index contributed by atoms with van der Waals surface area (Å²) in [5, 5.41) is 0.711. The molecular formula is C19H19ClFNO2. The van der Waals surface area contributed by atoms with E-state index in [-0.39, 0.29) is 30.1 Å². The molecule has 0 N–H and O–H groups in total. The Bertz CT molecular complexity index is 737. The molecule has 0 aromatic heterocycles. The van der Waals surface area contributed by atoms with Gasteiger partial charge in [0.2, 0.25) is 5.91 Å². The van der Waals surface area contributed by atoms with Gasteiger partial charge >= 0.3 is 0 Å². The number of hydrogen-bond donors (Lipinski definition) is 0.